The lowest BCUT2D eigenvalue weighted by Gasteiger charge is -2.30. The van der Waals surface area contributed by atoms with Crippen LogP contribution in [0.1, 0.15) is 37.7 Å². The van der Waals surface area contributed by atoms with Gasteiger partial charge in [0, 0.05) is 25.0 Å². The molecule has 1 aromatic heterocycles. The van der Waals surface area contributed by atoms with Gasteiger partial charge in [0.15, 0.2) is 0 Å². The molecule has 2 rings (SSSR count). The predicted molar refractivity (Wildman–Crippen MR) is 82.7 cm³/mol. The van der Waals surface area contributed by atoms with Crippen LogP contribution in [0.15, 0.2) is 24.5 Å². The standard InChI is InChI=1S/C15H23N3O.ClH/c16-10-14(13-6-2-1-3-7-13)18-15(19)9-12-5-4-8-17-11-12;/h4-5,8,11,13-14H,1-3,6-7,9-10,16H2,(H,18,19);1H. The smallest absolute Gasteiger partial charge is 0.224 e. The molecule has 1 saturated carbocycles. The molecule has 1 aliphatic carbocycles. The summed E-state index contributed by atoms with van der Waals surface area (Å²) in [5.41, 5.74) is 6.76. The minimum Gasteiger partial charge on any atom is -0.352 e. The maximum Gasteiger partial charge on any atom is 0.224 e. The summed E-state index contributed by atoms with van der Waals surface area (Å²) in [6, 6.07) is 3.90. The summed E-state index contributed by atoms with van der Waals surface area (Å²) in [5.74, 6) is 0.602. The van der Waals surface area contributed by atoms with Gasteiger partial charge in [-0.3, -0.25) is 9.78 Å². The molecular weight excluding hydrogens is 274 g/mol. The molecule has 1 unspecified atom stereocenters. The summed E-state index contributed by atoms with van der Waals surface area (Å²) in [7, 11) is 0. The Labute approximate surface area is 126 Å². The SMILES string of the molecule is Cl.NCC(NC(=O)Cc1cccnc1)C1CCCCC1. The number of hydrogen-bond acceptors (Lipinski definition) is 3. The zero-order valence-electron chi connectivity index (χ0n) is 11.8. The van der Waals surface area contributed by atoms with Gasteiger partial charge in [0.1, 0.15) is 0 Å². The van der Waals surface area contributed by atoms with Crippen LogP contribution in [0.25, 0.3) is 0 Å². The van der Waals surface area contributed by atoms with Crippen LogP contribution in [0.5, 0.6) is 0 Å². The summed E-state index contributed by atoms with van der Waals surface area (Å²) < 4.78 is 0. The van der Waals surface area contributed by atoms with Crippen molar-refractivity contribution in [3.63, 3.8) is 0 Å². The Morgan fingerprint density at radius 3 is 2.75 bits per heavy atom. The highest BCUT2D eigenvalue weighted by Gasteiger charge is 2.23. The first-order chi connectivity index (χ1) is 9.29. The number of carbonyl (C=O) groups excluding carboxylic acids is 1. The van der Waals surface area contributed by atoms with E-state index >= 15 is 0 Å². The lowest BCUT2D eigenvalue weighted by Crippen LogP contribution is -2.46. The summed E-state index contributed by atoms with van der Waals surface area (Å²) in [6.45, 7) is 0.531. The van der Waals surface area contributed by atoms with Crippen molar-refractivity contribution in [3.8, 4) is 0 Å². The van der Waals surface area contributed by atoms with Crippen LogP contribution >= 0.6 is 12.4 Å². The second-order valence-corrected chi connectivity index (χ2v) is 5.35. The molecule has 4 nitrogen and oxygen atoms in total. The quantitative estimate of drug-likeness (QED) is 0.874. The first kappa shape index (κ1) is 16.9. The summed E-state index contributed by atoms with van der Waals surface area (Å²) in [4.78, 5) is 16.1. The highest BCUT2D eigenvalue weighted by atomic mass is 35.5. The van der Waals surface area contributed by atoms with Crippen LogP contribution in [-0.4, -0.2) is 23.5 Å². The average Bonchev–Trinajstić information content (AvgIpc) is 2.47. The fourth-order valence-electron chi connectivity index (χ4n) is 2.85. The Morgan fingerprint density at radius 2 is 2.15 bits per heavy atom. The molecule has 1 amide bonds. The van der Waals surface area contributed by atoms with Gasteiger partial charge in [0.25, 0.3) is 0 Å². The van der Waals surface area contributed by atoms with E-state index in [1.54, 1.807) is 12.4 Å². The Bertz CT molecular complexity index is 393. The lowest BCUT2D eigenvalue weighted by atomic mass is 9.84. The Morgan fingerprint density at radius 1 is 1.40 bits per heavy atom. The fraction of sp³-hybridized carbons (Fsp3) is 0.600. The summed E-state index contributed by atoms with van der Waals surface area (Å²) >= 11 is 0. The molecule has 1 aromatic rings. The second kappa shape index (κ2) is 8.93. The van der Waals surface area contributed by atoms with E-state index in [2.05, 4.69) is 10.3 Å². The maximum absolute atomic E-state index is 12.0. The van der Waals surface area contributed by atoms with Gasteiger partial charge in [-0.15, -0.1) is 12.4 Å². The molecular formula is C15H24ClN3O. The number of nitrogens with zero attached hydrogens (tertiary/aromatic N) is 1. The van der Waals surface area contributed by atoms with Crippen molar-refractivity contribution in [2.24, 2.45) is 11.7 Å². The highest BCUT2D eigenvalue weighted by molar-refractivity contribution is 5.85. The van der Waals surface area contributed by atoms with E-state index in [1.165, 1.54) is 32.1 Å². The maximum atomic E-state index is 12.0. The molecule has 112 valence electrons. The molecule has 1 atom stereocenters. The van der Waals surface area contributed by atoms with E-state index in [0.717, 1.165) is 5.56 Å². The van der Waals surface area contributed by atoms with Crippen molar-refractivity contribution in [3.05, 3.63) is 30.1 Å². The molecule has 1 fully saturated rings. The number of hydrogen-bond donors (Lipinski definition) is 2. The Hall–Kier alpha value is -1.13. The van der Waals surface area contributed by atoms with E-state index in [0.29, 0.717) is 18.9 Å². The van der Waals surface area contributed by atoms with Crippen molar-refractivity contribution in [2.45, 2.75) is 44.6 Å². The highest BCUT2D eigenvalue weighted by Crippen LogP contribution is 2.26. The molecule has 0 radical (unpaired) electrons. The molecule has 0 spiro atoms. The molecule has 5 heteroatoms. The number of nitrogens with one attached hydrogen (secondary N) is 1. The zero-order valence-corrected chi connectivity index (χ0v) is 12.6. The van der Waals surface area contributed by atoms with Gasteiger partial charge in [-0.05, 0) is 30.4 Å². The van der Waals surface area contributed by atoms with Gasteiger partial charge >= 0.3 is 0 Å². The predicted octanol–water partition coefficient (Wildman–Crippen LogP) is 2.07. The van der Waals surface area contributed by atoms with Gasteiger partial charge in [0.2, 0.25) is 5.91 Å². The number of amides is 1. The van der Waals surface area contributed by atoms with Crippen LogP contribution in [0, 0.1) is 5.92 Å². The van der Waals surface area contributed by atoms with Crippen molar-refractivity contribution in [2.75, 3.05) is 6.54 Å². The second-order valence-electron chi connectivity index (χ2n) is 5.35. The number of halogens is 1. The molecule has 3 N–H and O–H groups in total. The Kier molecular flexibility index (Phi) is 7.55. The topological polar surface area (TPSA) is 68.0 Å². The minimum absolute atomic E-state index is 0. The van der Waals surface area contributed by atoms with Crippen LogP contribution in [0.3, 0.4) is 0 Å². The number of aromatic nitrogens is 1. The monoisotopic (exact) mass is 297 g/mol. The first-order valence-electron chi connectivity index (χ1n) is 7.18. The van der Waals surface area contributed by atoms with Crippen molar-refractivity contribution < 1.29 is 4.79 Å². The molecule has 0 aromatic carbocycles. The van der Waals surface area contributed by atoms with E-state index in [-0.39, 0.29) is 24.4 Å². The van der Waals surface area contributed by atoms with Crippen LogP contribution < -0.4 is 11.1 Å². The van der Waals surface area contributed by atoms with Crippen molar-refractivity contribution >= 4 is 18.3 Å². The molecule has 0 saturated heterocycles. The molecule has 0 aliphatic heterocycles. The molecule has 20 heavy (non-hydrogen) atoms. The molecule has 1 heterocycles. The number of carbonyl (C=O) groups is 1. The van der Waals surface area contributed by atoms with Crippen molar-refractivity contribution in [1.29, 1.82) is 0 Å². The third-order valence-corrected chi connectivity index (χ3v) is 3.91. The van der Waals surface area contributed by atoms with E-state index in [9.17, 15) is 4.79 Å². The average molecular weight is 298 g/mol. The van der Waals surface area contributed by atoms with Crippen molar-refractivity contribution in [1.82, 2.24) is 10.3 Å². The molecule has 1 aliphatic rings. The van der Waals surface area contributed by atoms with Gasteiger partial charge in [0.05, 0.1) is 6.42 Å². The molecule has 0 bridgehead atoms. The van der Waals surface area contributed by atoms with Gasteiger partial charge in [-0.2, -0.15) is 0 Å². The number of rotatable bonds is 5. The Balaban J connectivity index is 0.00000200. The summed E-state index contributed by atoms with van der Waals surface area (Å²) in [5, 5.41) is 3.09. The van der Waals surface area contributed by atoms with Gasteiger partial charge < -0.3 is 11.1 Å². The summed E-state index contributed by atoms with van der Waals surface area (Å²) in [6.07, 6.45) is 10.1. The van der Waals surface area contributed by atoms with Gasteiger partial charge in [-0.1, -0.05) is 25.3 Å². The van der Waals surface area contributed by atoms with E-state index in [4.69, 9.17) is 5.73 Å². The van der Waals surface area contributed by atoms with Crippen LogP contribution in [-0.2, 0) is 11.2 Å². The van der Waals surface area contributed by atoms with Crippen LogP contribution in [0.2, 0.25) is 0 Å². The normalized spacial score (nSPS) is 17.1. The minimum atomic E-state index is 0. The van der Waals surface area contributed by atoms with Gasteiger partial charge in [-0.25, -0.2) is 0 Å². The van der Waals surface area contributed by atoms with E-state index in [1.807, 2.05) is 12.1 Å². The number of nitrogens with two attached hydrogens (primary N) is 1. The van der Waals surface area contributed by atoms with Crippen LogP contribution in [0.4, 0.5) is 0 Å². The third-order valence-electron chi connectivity index (χ3n) is 3.91. The van der Waals surface area contributed by atoms with E-state index < -0.39 is 0 Å². The first-order valence-corrected chi connectivity index (χ1v) is 7.18. The third kappa shape index (κ3) is 5.10. The fourth-order valence-corrected chi connectivity index (χ4v) is 2.85. The number of pyridine rings is 1. The largest absolute Gasteiger partial charge is 0.352 e. The lowest BCUT2D eigenvalue weighted by molar-refractivity contribution is -0.121. The zero-order chi connectivity index (χ0) is 13.5.